The van der Waals surface area contributed by atoms with Gasteiger partial charge in [-0.1, -0.05) is 0 Å². The molecule has 0 atom stereocenters. The van der Waals surface area contributed by atoms with E-state index < -0.39 is 5.82 Å². The molecule has 0 amide bonds. The standard InChI is InChI=1S/C19H17F2N3O/c1-12-7-14(21)9-15(8-12)24-6-2-3-18-17(11-24)23-19(25-18)16-5-4-13(20)10-22-16/h4-5,7-10H,2-3,6,11H2,1H3. The van der Waals surface area contributed by atoms with Crippen LogP contribution < -0.4 is 4.90 Å². The molecule has 1 aliphatic rings. The third kappa shape index (κ3) is 3.24. The van der Waals surface area contributed by atoms with E-state index in [1.165, 1.54) is 12.1 Å². The topological polar surface area (TPSA) is 42.2 Å². The highest BCUT2D eigenvalue weighted by molar-refractivity contribution is 5.51. The number of hydrogen-bond acceptors (Lipinski definition) is 4. The van der Waals surface area contributed by atoms with Gasteiger partial charge in [-0.2, -0.15) is 0 Å². The average molecular weight is 341 g/mol. The minimum Gasteiger partial charge on any atom is -0.440 e. The number of rotatable bonds is 2. The number of nitrogens with zero attached hydrogens (tertiary/aromatic N) is 3. The normalized spacial score (nSPS) is 14.3. The molecule has 4 rings (SSSR count). The van der Waals surface area contributed by atoms with E-state index in [4.69, 9.17) is 4.42 Å². The van der Waals surface area contributed by atoms with Crippen LogP contribution in [0.5, 0.6) is 0 Å². The zero-order valence-corrected chi connectivity index (χ0v) is 13.8. The van der Waals surface area contributed by atoms with Gasteiger partial charge >= 0.3 is 0 Å². The highest BCUT2D eigenvalue weighted by atomic mass is 19.1. The molecule has 0 aliphatic carbocycles. The van der Waals surface area contributed by atoms with Crippen LogP contribution in [0.15, 0.2) is 40.9 Å². The maximum Gasteiger partial charge on any atom is 0.245 e. The number of benzene rings is 1. The van der Waals surface area contributed by atoms with E-state index in [9.17, 15) is 8.78 Å². The molecule has 3 aromatic rings. The van der Waals surface area contributed by atoms with Gasteiger partial charge in [0.25, 0.3) is 0 Å². The molecule has 25 heavy (non-hydrogen) atoms. The Balaban J connectivity index is 1.65. The van der Waals surface area contributed by atoms with Crippen molar-refractivity contribution in [1.29, 1.82) is 0 Å². The predicted molar refractivity (Wildman–Crippen MR) is 90.2 cm³/mol. The largest absolute Gasteiger partial charge is 0.440 e. The van der Waals surface area contributed by atoms with Gasteiger partial charge in [0.05, 0.1) is 12.7 Å². The first-order valence-corrected chi connectivity index (χ1v) is 8.21. The molecule has 0 radical (unpaired) electrons. The first kappa shape index (κ1) is 15.7. The molecule has 0 unspecified atom stereocenters. The number of fused-ring (bicyclic) bond motifs is 1. The Morgan fingerprint density at radius 1 is 1.12 bits per heavy atom. The maximum atomic E-state index is 13.7. The van der Waals surface area contributed by atoms with Crippen molar-refractivity contribution >= 4 is 5.69 Å². The summed E-state index contributed by atoms with van der Waals surface area (Å²) in [5, 5.41) is 0. The zero-order valence-electron chi connectivity index (χ0n) is 13.8. The van der Waals surface area contributed by atoms with Gasteiger partial charge in [0.1, 0.15) is 28.8 Å². The van der Waals surface area contributed by atoms with Crippen molar-refractivity contribution in [2.45, 2.75) is 26.3 Å². The van der Waals surface area contributed by atoms with Crippen LogP contribution in [0.4, 0.5) is 14.5 Å². The molecule has 3 heterocycles. The molecule has 6 heteroatoms. The molecule has 0 spiro atoms. The molecule has 1 aromatic carbocycles. The second-order valence-electron chi connectivity index (χ2n) is 6.26. The highest BCUT2D eigenvalue weighted by Gasteiger charge is 2.22. The predicted octanol–water partition coefficient (Wildman–Crippen LogP) is 4.28. The minimum atomic E-state index is -0.399. The van der Waals surface area contributed by atoms with Gasteiger partial charge in [-0.3, -0.25) is 0 Å². The van der Waals surface area contributed by atoms with Crippen LogP contribution in [0.1, 0.15) is 23.4 Å². The number of pyridine rings is 1. The monoisotopic (exact) mass is 341 g/mol. The Bertz CT molecular complexity index is 885. The molecule has 0 N–H and O–H groups in total. The molecular weight excluding hydrogens is 324 g/mol. The van der Waals surface area contributed by atoms with E-state index in [0.717, 1.165) is 48.3 Å². The Morgan fingerprint density at radius 3 is 2.76 bits per heavy atom. The van der Waals surface area contributed by atoms with Gasteiger partial charge in [-0.15, -0.1) is 0 Å². The average Bonchev–Trinajstić information content (AvgIpc) is 2.86. The Kier molecular flexibility index (Phi) is 3.95. The molecule has 2 aromatic heterocycles. The van der Waals surface area contributed by atoms with E-state index in [0.29, 0.717) is 18.1 Å². The highest BCUT2D eigenvalue weighted by Crippen LogP contribution is 2.28. The molecule has 4 nitrogen and oxygen atoms in total. The lowest BCUT2D eigenvalue weighted by Gasteiger charge is -2.22. The fourth-order valence-electron chi connectivity index (χ4n) is 3.12. The van der Waals surface area contributed by atoms with Gasteiger partial charge < -0.3 is 9.32 Å². The van der Waals surface area contributed by atoms with Crippen LogP contribution in [0.2, 0.25) is 0 Å². The summed E-state index contributed by atoms with van der Waals surface area (Å²) in [5.41, 5.74) is 3.05. The second-order valence-corrected chi connectivity index (χ2v) is 6.26. The molecule has 0 saturated carbocycles. The van der Waals surface area contributed by atoms with Crippen LogP contribution in [-0.4, -0.2) is 16.5 Å². The first-order valence-electron chi connectivity index (χ1n) is 8.21. The lowest BCUT2D eigenvalue weighted by atomic mass is 10.2. The van der Waals surface area contributed by atoms with Gasteiger partial charge in [0.2, 0.25) is 5.89 Å². The third-order valence-electron chi connectivity index (χ3n) is 4.29. The number of aromatic nitrogens is 2. The molecule has 0 bridgehead atoms. The summed E-state index contributed by atoms with van der Waals surface area (Å²) in [5.74, 6) is 0.569. The summed E-state index contributed by atoms with van der Waals surface area (Å²) in [4.78, 5) is 10.7. The van der Waals surface area contributed by atoms with Crippen molar-refractivity contribution in [3.05, 3.63) is 65.2 Å². The summed E-state index contributed by atoms with van der Waals surface area (Å²) in [6, 6.07) is 7.91. The van der Waals surface area contributed by atoms with Crippen molar-refractivity contribution in [3.8, 4) is 11.6 Å². The fourth-order valence-corrected chi connectivity index (χ4v) is 3.12. The second kappa shape index (κ2) is 6.27. The van der Waals surface area contributed by atoms with E-state index in [1.807, 2.05) is 13.0 Å². The van der Waals surface area contributed by atoms with Crippen LogP contribution in [0, 0.1) is 18.6 Å². The van der Waals surface area contributed by atoms with Crippen molar-refractivity contribution in [1.82, 2.24) is 9.97 Å². The lowest BCUT2D eigenvalue weighted by Crippen LogP contribution is -2.23. The Labute approximate surface area is 144 Å². The van der Waals surface area contributed by atoms with Crippen molar-refractivity contribution < 1.29 is 13.2 Å². The Hall–Kier alpha value is -2.76. The smallest absolute Gasteiger partial charge is 0.245 e. The molecule has 128 valence electrons. The van der Waals surface area contributed by atoms with Crippen LogP contribution >= 0.6 is 0 Å². The van der Waals surface area contributed by atoms with Crippen molar-refractivity contribution in [2.75, 3.05) is 11.4 Å². The van der Waals surface area contributed by atoms with Crippen molar-refractivity contribution in [2.24, 2.45) is 0 Å². The number of oxazole rings is 1. The molecule has 0 fully saturated rings. The van der Waals surface area contributed by atoms with Gasteiger partial charge in [0, 0.05) is 18.7 Å². The summed E-state index contributed by atoms with van der Waals surface area (Å²) >= 11 is 0. The van der Waals surface area contributed by atoms with Crippen LogP contribution in [0.3, 0.4) is 0 Å². The lowest BCUT2D eigenvalue weighted by molar-refractivity contribution is 0.510. The van der Waals surface area contributed by atoms with Gasteiger partial charge in [0.15, 0.2) is 0 Å². The van der Waals surface area contributed by atoms with E-state index in [2.05, 4.69) is 14.9 Å². The zero-order chi connectivity index (χ0) is 17.4. The van der Waals surface area contributed by atoms with E-state index in [-0.39, 0.29) is 5.82 Å². The number of hydrogen-bond donors (Lipinski definition) is 0. The summed E-state index contributed by atoms with van der Waals surface area (Å²) < 4.78 is 32.6. The van der Waals surface area contributed by atoms with Crippen molar-refractivity contribution in [3.63, 3.8) is 0 Å². The fraction of sp³-hybridized carbons (Fsp3) is 0.263. The first-order chi connectivity index (χ1) is 12.1. The summed E-state index contributed by atoms with van der Waals surface area (Å²) in [6.07, 6.45) is 2.79. The summed E-state index contributed by atoms with van der Waals surface area (Å²) in [7, 11) is 0. The van der Waals surface area contributed by atoms with Gasteiger partial charge in [-0.25, -0.2) is 18.7 Å². The maximum absolute atomic E-state index is 13.7. The summed E-state index contributed by atoms with van der Waals surface area (Å²) in [6.45, 7) is 3.23. The number of anilines is 1. The van der Waals surface area contributed by atoms with Crippen LogP contribution in [-0.2, 0) is 13.0 Å². The minimum absolute atomic E-state index is 0.240. The molecule has 0 saturated heterocycles. The van der Waals surface area contributed by atoms with E-state index in [1.54, 1.807) is 12.1 Å². The third-order valence-corrected chi connectivity index (χ3v) is 4.29. The van der Waals surface area contributed by atoms with Crippen LogP contribution in [0.25, 0.3) is 11.6 Å². The molecular formula is C19H17F2N3O. The Morgan fingerprint density at radius 2 is 2.00 bits per heavy atom. The SMILES string of the molecule is Cc1cc(F)cc(N2CCCc3oc(-c4ccc(F)cn4)nc3C2)c1. The van der Waals surface area contributed by atoms with Gasteiger partial charge in [-0.05, 0) is 49.2 Å². The number of aryl methyl sites for hydroxylation is 2. The number of halogens is 2. The molecule has 1 aliphatic heterocycles. The quantitative estimate of drug-likeness (QED) is 0.698. The van der Waals surface area contributed by atoms with E-state index >= 15 is 0 Å².